The molecule has 4 rings (SSSR count). The number of nitrogens with zero attached hydrogens (tertiary/aromatic N) is 4. The predicted molar refractivity (Wildman–Crippen MR) is 267 cm³/mol. The quantitative estimate of drug-likeness (QED) is 0.0134. The predicted octanol–water partition coefficient (Wildman–Crippen LogP) is 7.75. The number of unbranched alkanes of at least 4 members (excludes halogenated alkanes) is 1. The number of carbonyl (C=O) groups is 2. The summed E-state index contributed by atoms with van der Waals surface area (Å²) in [5.41, 5.74) is 2.67. The highest BCUT2D eigenvalue weighted by molar-refractivity contribution is 6.30. The first-order chi connectivity index (χ1) is 34.5. The van der Waals surface area contributed by atoms with Crippen LogP contribution < -0.4 is 30.7 Å². The Morgan fingerprint density at radius 2 is 1.35 bits per heavy atom. The van der Waals surface area contributed by atoms with Crippen molar-refractivity contribution >= 4 is 29.4 Å². The van der Waals surface area contributed by atoms with Crippen LogP contribution in [-0.2, 0) is 36.8 Å². The van der Waals surface area contributed by atoms with Crippen LogP contribution in [0.3, 0.4) is 0 Å². The molecule has 4 N–H and O–H groups in total. The third-order valence-corrected chi connectivity index (χ3v) is 11.0. The zero-order valence-electron chi connectivity index (χ0n) is 40.9. The van der Waals surface area contributed by atoms with Gasteiger partial charge in [-0.05, 0) is 104 Å². The maximum Gasteiger partial charge on any atom is 0.263 e. The molecule has 0 saturated heterocycles. The van der Waals surface area contributed by atoms with Crippen molar-refractivity contribution in [2.45, 2.75) is 57.5 Å². The van der Waals surface area contributed by atoms with Crippen molar-refractivity contribution in [3.8, 4) is 17.2 Å². The maximum atomic E-state index is 14.0. The molecule has 15 nitrogen and oxygen atoms in total. The second kappa shape index (κ2) is 33.3. The monoisotopic (exact) mass is 996 g/mol. The summed E-state index contributed by atoms with van der Waals surface area (Å²) < 4.78 is 89.2. The zero-order valence-corrected chi connectivity index (χ0v) is 40.9. The van der Waals surface area contributed by atoms with Gasteiger partial charge in [0.1, 0.15) is 29.9 Å². The molecule has 19 heteroatoms. The van der Waals surface area contributed by atoms with E-state index in [1.165, 1.54) is 25.3 Å². The molecule has 0 aliphatic heterocycles. The van der Waals surface area contributed by atoms with Crippen LogP contribution in [0, 0.1) is 0 Å². The molecule has 0 fully saturated rings. The molecule has 4 aromatic carbocycles. The second-order valence-electron chi connectivity index (χ2n) is 16.2. The molecular weight excluding hydrogens is 927 g/mol. The molecule has 0 heterocycles. The third kappa shape index (κ3) is 22.6. The molecule has 0 saturated carbocycles. The van der Waals surface area contributed by atoms with Crippen LogP contribution in [-0.4, -0.2) is 140 Å². The van der Waals surface area contributed by atoms with Crippen molar-refractivity contribution in [1.82, 2.24) is 15.1 Å². The Hall–Kier alpha value is -6.28. The number of anilines is 1. The number of likely N-dealkylation sites (N-methyl/N-ethyl adjacent to an activating group) is 1. The average molecular weight is 996 g/mol. The molecule has 0 aliphatic carbocycles. The van der Waals surface area contributed by atoms with E-state index in [4.69, 9.17) is 34.3 Å². The van der Waals surface area contributed by atoms with Gasteiger partial charge in [-0.15, -0.1) is 0 Å². The normalized spacial score (nSPS) is 12.2. The van der Waals surface area contributed by atoms with E-state index in [0.717, 1.165) is 53.9 Å². The lowest BCUT2D eigenvalue weighted by molar-refractivity contribution is -0.143. The Morgan fingerprint density at radius 1 is 0.718 bits per heavy atom. The van der Waals surface area contributed by atoms with Gasteiger partial charge in [0.25, 0.3) is 12.9 Å². The first kappa shape index (κ1) is 57.3. The van der Waals surface area contributed by atoms with E-state index in [9.17, 15) is 27.2 Å². The van der Waals surface area contributed by atoms with Crippen LogP contribution >= 0.6 is 0 Å². The van der Waals surface area contributed by atoms with Crippen molar-refractivity contribution in [2.24, 2.45) is 15.9 Å². The van der Waals surface area contributed by atoms with Crippen LogP contribution in [0.25, 0.3) is 0 Å². The number of hydrogen-bond acceptors (Lipinski definition) is 13. The fourth-order valence-corrected chi connectivity index (χ4v) is 7.01. The Morgan fingerprint density at radius 3 is 2.03 bits per heavy atom. The van der Waals surface area contributed by atoms with E-state index in [-0.39, 0.29) is 24.9 Å². The molecular formula is C52H69F4N7O8. The van der Waals surface area contributed by atoms with Gasteiger partial charge in [-0.25, -0.2) is 17.6 Å². The average Bonchev–Trinajstić information content (AvgIpc) is 3.38. The van der Waals surface area contributed by atoms with Gasteiger partial charge >= 0.3 is 0 Å². The van der Waals surface area contributed by atoms with E-state index in [1.807, 2.05) is 38.4 Å². The number of halogens is 4. The second-order valence-corrected chi connectivity index (χ2v) is 16.2. The van der Waals surface area contributed by atoms with Crippen LogP contribution in [0.5, 0.6) is 17.2 Å². The van der Waals surface area contributed by atoms with Gasteiger partial charge in [0.15, 0.2) is 0 Å². The topological polar surface area (TPSA) is 171 Å². The lowest BCUT2D eigenvalue weighted by Gasteiger charge is -2.31. The summed E-state index contributed by atoms with van der Waals surface area (Å²) in [5.74, 6) is 6.03. The van der Waals surface area contributed by atoms with E-state index < -0.39 is 42.8 Å². The zero-order chi connectivity index (χ0) is 51.1. The van der Waals surface area contributed by atoms with Crippen molar-refractivity contribution in [1.29, 1.82) is 0 Å². The van der Waals surface area contributed by atoms with Crippen molar-refractivity contribution in [3.63, 3.8) is 0 Å². The maximum absolute atomic E-state index is 14.0. The first-order valence-corrected chi connectivity index (χ1v) is 23.7. The molecule has 0 spiro atoms. The minimum Gasteiger partial charge on any atom is -0.497 e. The molecule has 0 aromatic heterocycles. The Bertz CT molecular complexity index is 2170. The highest BCUT2D eigenvalue weighted by atomic mass is 19.3. The first-order valence-electron chi connectivity index (χ1n) is 23.7. The summed E-state index contributed by atoms with van der Waals surface area (Å²) >= 11 is 0. The fraction of sp³-hybridized carbons (Fsp3) is 0.462. The number of aryl methyl sites for hydroxylation is 1. The number of nitrogens with two attached hydrogens (primary N) is 1. The summed E-state index contributed by atoms with van der Waals surface area (Å²) in [5, 5.41) is 9.54. The molecule has 2 amide bonds. The number of methoxy groups -OCH3 is 1. The van der Waals surface area contributed by atoms with Crippen molar-refractivity contribution < 1.29 is 55.6 Å². The summed E-state index contributed by atoms with van der Waals surface area (Å²) in [6.07, 6.45) is -1.99. The highest BCUT2D eigenvalue weighted by Crippen LogP contribution is 2.28. The number of carbonyl (C=O) groups excluding carboxylic acids is 2. The Labute approximate surface area is 414 Å². The molecule has 0 radical (unpaired) electrons. The van der Waals surface area contributed by atoms with Crippen LogP contribution in [0.1, 0.15) is 60.4 Å². The number of rotatable bonds is 36. The SMILES string of the molecule is CNc1ccc(OCCOCCN=C/C(CCOCCOCCN(C)CCCCOc2ccc(CCC(=O)N(CC(F)F)C(C(=O)NCc3ccc(OC)cc3)c3cccc(C(F)F)c3)cc2)=N\N)cc1. The number of hydrogen-bond donors (Lipinski definition) is 3. The smallest absolute Gasteiger partial charge is 0.263 e. The van der Waals surface area contributed by atoms with Gasteiger partial charge < -0.3 is 54.7 Å². The minimum absolute atomic E-state index is 0.00214. The summed E-state index contributed by atoms with van der Waals surface area (Å²) in [6.45, 7) is 4.80. The number of aliphatic imine (C=N–C) groups is 1. The standard InChI is InChI=1S/C52H69F4N7O8/c1-58-43-14-20-47(21-15-43)71-34-33-68-29-24-59-37-44(61-57)23-28-67-31-32-69-30-26-62(2)25-4-5-27-70-46-18-9-39(10-19-46)13-22-49(64)63(38-48(53)54)50(41-7-6-8-42(35-41)51(55)56)52(65)60-36-40-11-16-45(66-3)17-12-40/h6-12,14-21,35,37,48,50-51,58H,4-5,13,22-34,36,38,57H2,1-3H3,(H,60,65)/b59-37?,61-44-. The summed E-state index contributed by atoms with van der Waals surface area (Å²) in [4.78, 5) is 34.7. The lowest BCUT2D eigenvalue weighted by atomic mass is 10.00. The van der Waals surface area contributed by atoms with Gasteiger partial charge in [0.2, 0.25) is 11.8 Å². The minimum atomic E-state index is -2.99. The summed E-state index contributed by atoms with van der Waals surface area (Å²) in [6, 6.07) is 25.0. The van der Waals surface area contributed by atoms with Crippen LogP contribution in [0.15, 0.2) is 107 Å². The van der Waals surface area contributed by atoms with E-state index in [1.54, 1.807) is 54.7 Å². The molecule has 1 unspecified atom stereocenters. The van der Waals surface area contributed by atoms with Gasteiger partial charge in [-0.2, -0.15) is 5.10 Å². The molecule has 388 valence electrons. The third-order valence-electron chi connectivity index (χ3n) is 11.0. The van der Waals surface area contributed by atoms with Gasteiger partial charge in [0, 0.05) is 50.4 Å². The largest absolute Gasteiger partial charge is 0.497 e. The number of hydrazone groups is 1. The highest BCUT2D eigenvalue weighted by Gasteiger charge is 2.33. The van der Waals surface area contributed by atoms with Gasteiger partial charge in [0.05, 0.1) is 72.2 Å². The number of amides is 2. The van der Waals surface area contributed by atoms with Gasteiger partial charge in [-0.1, -0.05) is 42.5 Å². The number of ether oxygens (including phenoxy) is 6. The van der Waals surface area contributed by atoms with Crippen LogP contribution in [0.2, 0.25) is 0 Å². The molecule has 0 aliphatic rings. The number of benzene rings is 4. The molecule has 4 aromatic rings. The molecule has 71 heavy (non-hydrogen) atoms. The van der Waals surface area contributed by atoms with E-state index in [2.05, 4.69) is 25.6 Å². The number of nitrogens with one attached hydrogen (secondary N) is 2. The Balaban J connectivity index is 1.07. The fourth-order valence-electron chi connectivity index (χ4n) is 7.01. The van der Waals surface area contributed by atoms with E-state index in [0.29, 0.717) is 88.6 Å². The van der Waals surface area contributed by atoms with E-state index >= 15 is 0 Å². The molecule has 1 atom stereocenters. The molecule has 0 bridgehead atoms. The van der Waals surface area contributed by atoms with Crippen molar-refractivity contribution in [3.05, 3.63) is 119 Å². The van der Waals surface area contributed by atoms with Gasteiger partial charge in [-0.3, -0.25) is 14.6 Å². The number of alkyl halides is 4. The van der Waals surface area contributed by atoms with Crippen molar-refractivity contribution in [2.75, 3.05) is 106 Å². The Kier molecular flexibility index (Phi) is 26.9. The lowest BCUT2D eigenvalue weighted by Crippen LogP contribution is -2.45. The summed E-state index contributed by atoms with van der Waals surface area (Å²) in [7, 11) is 5.41. The van der Waals surface area contributed by atoms with Crippen LogP contribution in [0.4, 0.5) is 23.2 Å².